The first kappa shape index (κ1) is 13.3. The van der Waals surface area contributed by atoms with E-state index in [0.717, 1.165) is 24.2 Å². The molecule has 0 amide bonds. The van der Waals surface area contributed by atoms with Crippen LogP contribution in [0.5, 0.6) is 0 Å². The van der Waals surface area contributed by atoms with Gasteiger partial charge in [0.05, 0.1) is 0 Å². The van der Waals surface area contributed by atoms with E-state index in [1.165, 1.54) is 44.9 Å². The molecular formula is C18H28O2. The van der Waals surface area contributed by atoms with E-state index in [1.807, 2.05) is 0 Å². The van der Waals surface area contributed by atoms with Crippen molar-refractivity contribution in [3.8, 4) is 0 Å². The van der Waals surface area contributed by atoms with Crippen LogP contribution in [0.1, 0.15) is 64.7 Å². The molecule has 4 saturated carbocycles. The Morgan fingerprint density at radius 2 is 1.90 bits per heavy atom. The summed E-state index contributed by atoms with van der Waals surface area (Å²) in [6, 6.07) is 0. The highest BCUT2D eigenvalue weighted by Crippen LogP contribution is 2.62. The van der Waals surface area contributed by atoms with E-state index >= 15 is 0 Å². The normalized spacial score (nSPS) is 55.0. The van der Waals surface area contributed by atoms with Crippen molar-refractivity contribution in [2.75, 3.05) is 0 Å². The van der Waals surface area contributed by atoms with Crippen LogP contribution < -0.4 is 0 Å². The molecule has 0 aromatic carbocycles. The quantitative estimate of drug-likeness (QED) is 0.734. The lowest BCUT2D eigenvalue weighted by atomic mass is 9.50. The second-order valence-electron chi connectivity index (χ2n) is 8.44. The van der Waals surface area contributed by atoms with Gasteiger partial charge in [0.1, 0.15) is 6.10 Å². The number of fused-ring (bicyclic) bond motifs is 5. The molecule has 0 aromatic heterocycles. The first-order chi connectivity index (χ1) is 9.58. The predicted molar refractivity (Wildman–Crippen MR) is 78.1 cm³/mol. The zero-order chi connectivity index (χ0) is 13.9. The highest BCUT2D eigenvalue weighted by atomic mass is 16.3. The maximum atomic E-state index is 12.0. The second kappa shape index (κ2) is 4.56. The van der Waals surface area contributed by atoms with Gasteiger partial charge >= 0.3 is 0 Å². The first-order valence-corrected chi connectivity index (χ1v) is 8.79. The minimum atomic E-state index is -0.645. The van der Waals surface area contributed by atoms with Gasteiger partial charge in [0.2, 0.25) is 0 Å². The Kier molecular flexibility index (Phi) is 3.03. The van der Waals surface area contributed by atoms with Crippen molar-refractivity contribution in [1.82, 2.24) is 0 Å². The van der Waals surface area contributed by atoms with Crippen LogP contribution in [-0.4, -0.2) is 17.0 Å². The molecule has 2 nitrogen and oxygen atoms in total. The molecule has 0 spiro atoms. The van der Waals surface area contributed by atoms with Crippen LogP contribution in [0.3, 0.4) is 0 Å². The van der Waals surface area contributed by atoms with Gasteiger partial charge < -0.3 is 5.11 Å². The van der Waals surface area contributed by atoms with E-state index < -0.39 is 6.10 Å². The van der Waals surface area contributed by atoms with Gasteiger partial charge in [0.25, 0.3) is 0 Å². The number of carbonyl (C=O) groups is 1. The number of carbonyl (C=O) groups excluding carboxylic acids is 1. The third-order valence-electron chi connectivity index (χ3n) is 7.63. The summed E-state index contributed by atoms with van der Waals surface area (Å²) >= 11 is 0. The molecule has 4 rings (SSSR count). The van der Waals surface area contributed by atoms with Crippen molar-refractivity contribution in [2.45, 2.75) is 70.8 Å². The molecule has 2 heteroatoms. The standard InChI is InChI=1S/C18H28O2/c1-18-7-2-3-15(18)13-5-4-11-9-16(19)17(20)10-14(11)12(13)6-8-18/h11-16,19H,2-10H2,1H3/t11?,12-,13+,14-,15-,16?,18-/m0/s1. The molecule has 0 aromatic rings. The first-order valence-electron chi connectivity index (χ1n) is 8.79. The predicted octanol–water partition coefficient (Wildman–Crippen LogP) is 3.57. The maximum absolute atomic E-state index is 12.0. The molecule has 0 radical (unpaired) electrons. The third-order valence-corrected chi connectivity index (χ3v) is 7.63. The van der Waals surface area contributed by atoms with Gasteiger partial charge in [-0.1, -0.05) is 13.3 Å². The number of aliphatic hydroxyl groups is 1. The van der Waals surface area contributed by atoms with Crippen LogP contribution in [0.2, 0.25) is 0 Å². The average molecular weight is 276 g/mol. The summed E-state index contributed by atoms with van der Waals surface area (Å²) in [5, 5.41) is 9.85. The summed E-state index contributed by atoms with van der Waals surface area (Å²) in [6.45, 7) is 2.53. The Morgan fingerprint density at radius 3 is 2.75 bits per heavy atom. The summed E-state index contributed by atoms with van der Waals surface area (Å²) in [7, 11) is 0. The summed E-state index contributed by atoms with van der Waals surface area (Å²) in [5.41, 5.74) is 0.617. The Balaban J connectivity index is 1.58. The molecule has 2 unspecified atom stereocenters. The highest BCUT2D eigenvalue weighted by Gasteiger charge is 2.54. The van der Waals surface area contributed by atoms with Gasteiger partial charge in [-0.2, -0.15) is 0 Å². The highest BCUT2D eigenvalue weighted by molar-refractivity contribution is 5.83. The topological polar surface area (TPSA) is 37.3 Å². The van der Waals surface area contributed by atoms with Gasteiger partial charge in [-0.15, -0.1) is 0 Å². The van der Waals surface area contributed by atoms with E-state index in [1.54, 1.807) is 0 Å². The zero-order valence-electron chi connectivity index (χ0n) is 12.7. The Bertz CT molecular complexity index is 418. The third kappa shape index (κ3) is 1.83. The Hall–Kier alpha value is -0.370. The monoisotopic (exact) mass is 276 g/mol. The number of hydrogen-bond acceptors (Lipinski definition) is 2. The summed E-state index contributed by atoms with van der Waals surface area (Å²) in [5.74, 6) is 3.99. The molecule has 7 atom stereocenters. The van der Waals surface area contributed by atoms with Crippen LogP contribution in [0.4, 0.5) is 0 Å². The van der Waals surface area contributed by atoms with Crippen molar-refractivity contribution < 1.29 is 9.90 Å². The molecule has 0 bridgehead atoms. The van der Waals surface area contributed by atoms with Crippen molar-refractivity contribution in [3.05, 3.63) is 0 Å². The fourth-order valence-corrected chi connectivity index (χ4v) is 6.62. The summed E-state index contributed by atoms with van der Waals surface area (Å²) in [6.07, 6.45) is 10.5. The van der Waals surface area contributed by atoms with Crippen LogP contribution >= 0.6 is 0 Å². The van der Waals surface area contributed by atoms with Crippen molar-refractivity contribution >= 4 is 5.78 Å². The molecule has 0 saturated heterocycles. The SMILES string of the molecule is C[C@@]12CCC[C@H]1[C@@H]1CCC3CC(O)C(=O)C[C@@H]3[C@H]1CC2. The fraction of sp³-hybridized carbons (Fsp3) is 0.944. The number of rotatable bonds is 0. The van der Waals surface area contributed by atoms with Crippen molar-refractivity contribution in [2.24, 2.45) is 35.0 Å². The molecule has 4 aliphatic carbocycles. The van der Waals surface area contributed by atoms with Gasteiger partial charge in [-0.05, 0) is 80.0 Å². The number of Topliss-reactive ketones (excluding diaryl/α,β-unsaturated/α-hetero) is 1. The van der Waals surface area contributed by atoms with Crippen molar-refractivity contribution in [3.63, 3.8) is 0 Å². The summed E-state index contributed by atoms with van der Waals surface area (Å²) in [4.78, 5) is 12.0. The van der Waals surface area contributed by atoms with Crippen LogP contribution in [0.25, 0.3) is 0 Å². The van der Waals surface area contributed by atoms with Crippen LogP contribution in [0.15, 0.2) is 0 Å². The van der Waals surface area contributed by atoms with E-state index in [2.05, 4.69) is 6.92 Å². The zero-order valence-corrected chi connectivity index (χ0v) is 12.7. The smallest absolute Gasteiger partial charge is 0.161 e. The minimum absolute atomic E-state index is 0.131. The molecule has 4 fully saturated rings. The largest absolute Gasteiger partial charge is 0.385 e. The van der Waals surface area contributed by atoms with Gasteiger partial charge in [-0.25, -0.2) is 0 Å². The van der Waals surface area contributed by atoms with Gasteiger partial charge in [0, 0.05) is 6.42 Å². The Morgan fingerprint density at radius 1 is 1.05 bits per heavy atom. The number of hydrogen-bond donors (Lipinski definition) is 1. The van der Waals surface area contributed by atoms with Crippen molar-refractivity contribution in [1.29, 1.82) is 0 Å². The number of ketones is 1. The van der Waals surface area contributed by atoms with Gasteiger partial charge in [-0.3, -0.25) is 4.79 Å². The van der Waals surface area contributed by atoms with Crippen LogP contribution in [0, 0.1) is 35.0 Å². The van der Waals surface area contributed by atoms with Gasteiger partial charge in [0.15, 0.2) is 5.78 Å². The minimum Gasteiger partial charge on any atom is -0.385 e. The maximum Gasteiger partial charge on any atom is 0.161 e. The lowest BCUT2D eigenvalue weighted by molar-refractivity contribution is -0.139. The van der Waals surface area contributed by atoms with E-state index in [-0.39, 0.29) is 5.78 Å². The molecule has 0 heterocycles. The fourth-order valence-electron chi connectivity index (χ4n) is 6.62. The van der Waals surface area contributed by atoms with E-state index in [9.17, 15) is 9.90 Å². The molecule has 0 aliphatic heterocycles. The Labute approximate surface area is 122 Å². The second-order valence-corrected chi connectivity index (χ2v) is 8.44. The summed E-state index contributed by atoms with van der Waals surface area (Å²) < 4.78 is 0. The molecule has 4 aliphatic rings. The van der Waals surface area contributed by atoms with E-state index in [4.69, 9.17) is 0 Å². The average Bonchev–Trinajstić information content (AvgIpc) is 2.82. The lowest BCUT2D eigenvalue weighted by Crippen LogP contribution is -2.49. The molecular weight excluding hydrogens is 248 g/mol. The lowest BCUT2D eigenvalue weighted by Gasteiger charge is -2.54. The molecule has 112 valence electrons. The number of aliphatic hydroxyl groups excluding tert-OH is 1. The van der Waals surface area contributed by atoms with E-state index in [0.29, 0.717) is 23.7 Å². The molecule has 1 N–H and O–H groups in total. The molecule has 20 heavy (non-hydrogen) atoms. The van der Waals surface area contributed by atoms with Crippen LogP contribution in [-0.2, 0) is 4.79 Å².